The number of allylic oxidation sites excluding steroid dienone is 3. The van der Waals surface area contributed by atoms with Gasteiger partial charge < -0.3 is 25.5 Å². The van der Waals surface area contributed by atoms with Gasteiger partial charge in [-0.05, 0) is 55.0 Å². The van der Waals surface area contributed by atoms with E-state index in [-0.39, 0.29) is 11.3 Å². The zero-order valence-corrected chi connectivity index (χ0v) is 18.3. The zero-order valence-electron chi connectivity index (χ0n) is 18.3. The molecule has 0 atom stereocenters. The molecule has 0 saturated heterocycles. The lowest BCUT2D eigenvalue weighted by Gasteiger charge is -2.23. The average molecular weight is 433 g/mol. The molecule has 5 rings (SSSR count). The Bertz CT molecular complexity index is 1150. The van der Waals surface area contributed by atoms with Gasteiger partial charge in [0.05, 0.1) is 23.6 Å². The van der Waals surface area contributed by atoms with Crippen LogP contribution in [0.2, 0.25) is 0 Å². The van der Waals surface area contributed by atoms with Crippen LogP contribution in [0.1, 0.15) is 45.7 Å². The summed E-state index contributed by atoms with van der Waals surface area (Å²) >= 11 is 0. The van der Waals surface area contributed by atoms with Crippen molar-refractivity contribution in [2.24, 2.45) is 5.73 Å². The SMILES string of the molecule is C=C/C(=C\C(=C/N)c1cc2c(cn1)CCc1c-2[nH]c2c1C(=O)NCC21CC1)OCCOC. The first-order valence-corrected chi connectivity index (χ1v) is 11.0. The van der Waals surface area contributed by atoms with Crippen LogP contribution in [0.3, 0.4) is 0 Å². The summed E-state index contributed by atoms with van der Waals surface area (Å²) in [5.41, 5.74) is 13.9. The van der Waals surface area contributed by atoms with E-state index in [4.69, 9.17) is 15.2 Å². The van der Waals surface area contributed by atoms with Crippen LogP contribution in [0.25, 0.3) is 16.8 Å². The van der Waals surface area contributed by atoms with Gasteiger partial charge in [0.2, 0.25) is 0 Å². The second kappa shape index (κ2) is 7.98. The normalized spacial score (nSPS) is 18.5. The molecule has 166 valence electrons. The lowest BCUT2D eigenvalue weighted by atomic mass is 9.86. The highest BCUT2D eigenvalue weighted by atomic mass is 16.5. The second-order valence-corrected chi connectivity index (χ2v) is 8.63. The fourth-order valence-electron chi connectivity index (χ4n) is 4.77. The molecule has 3 aliphatic rings. The number of nitrogens with zero attached hydrogens (tertiary/aromatic N) is 1. The van der Waals surface area contributed by atoms with Gasteiger partial charge >= 0.3 is 0 Å². The molecule has 1 fully saturated rings. The van der Waals surface area contributed by atoms with E-state index in [1.165, 1.54) is 11.8 Å². The van der Waals surface area contributed by atoms with Crippen molar-refractivity contribution in [1.29, 1.82) is 0 Å². The Morgan fingerprint density at radius 2 is 2.19 bits per heavy atom. The van der Waals surface area contributed by atoms with Crippen LogP contribution in [0.15, 0.2) is 43.0 Å². The molecule has 7 nitrogen and oxygen atoms in total. The lowest BCUT2D eigenvalue weighted by molar-refractivity contribution is 0.0936. The first-order chi connectivity index (χ1) is 15.6. The number of aromatic nitrogens is 2. The van der Waals surface area contributed by atoms with Crippen LogP contribution in [-0.2, 0) is 27.7 Å². The van der Waals surface area contributed by atoms with Gasteiger partial charge in [-0.25, -0.2) is 0 Å². The third kappa shape index (κ3) is 3.33. The van der Waals surface area contributed by atoms with Crippen molar-refractivity contribution in [2.75, 3.05) is 26.9 Å². The van der Waals surface area contributed by atoms with Crippen molar-refractivity contribution in [2.45, 2.75) is 31.1 Å². The molecule has 7 heteroatoms. The van der Waals surface area contributed by atoms with Crippen molar-refractivity contribution in [3.63, 3.8) is 0 Å². The fourth-order valence-corrected chi connectivity index (χ4v) is 4.77. The number of carbonyl (C=O) groups is 1. The van der Waals surface area contributed by atoms with Crippen LogP contribution in [0.4, 0.5) is 0 Å². The van der Waals surface area contributed by atoms with Gasteiger partial charge in [0.25, 0.3) is 5.91 Å². The van der Waals surface area contributed by atoms with Crippen LogP contribution in [0.5, 0.6) is 0 Å². The molecule has 1 saturated carbocycles. The molecule has 0 unspecified atom stereocenters. The molecule has 1 amide bonds. The second-order valence-electron chi connectivity index (χ2n) is 8.63. The maximum absolute atomic E-state index is 12.7. The number of pyridine rings is 1. The van der Waals surface area contributed by atoms with E-state index in [2.05, 4.69) is 27.9 Å². The van der Waals surface area contributed by atoms with Crippen LogP contribution in [0, 0.1) is 0 Å². The number of nitrogens with one attached hydrogen (secondary N) is 2. The van der Waals surface area contributed by atoms with Crippen molar-refractivity contribution >= 4 is 11.5 Å². The van der Waals surface area contributed by atoms with Gasteiger partial charge in [0.15, 0.2) is 0 Å². The highest BCUT2D eigenvalue weighted by Crippen LogP contribution is 2.52. The number of carbonyl (C=O) groups excluding carboxylic acids is 1. The molecule has 1 aliphatic heterocycles. The first-order valence-electron chi connectivity index (χ1n) is 11.0. The van der Waals surface area contributed by atoms with Gasteiger partial charge in [-0.15, -0.1) is 0 Å². The highest BCUT2D eigenvalue weighted by molar-refractivity contribution is 6.01. The summed E-state index contributed by atoms with van der Waals surface area (Å²) in [4.78, 5) is 21.0. The van der Waals surface area contributed by atoms with Gasteiger partial charge in [-0.1, -0.05) is 6.58 Å². The molecule has 0 bridgehead atoms. The van der Waals surface area contributed by atoms with Gasteiger partial charge in [0.1, 0.15) is 12.4 Å². The van der Waals surface area contributed by atoms with E-state index in [0.717, 1.165) is 71.6 Å². The highest BCUT2D eigenvalue weighted by Gasteiger charge is 2.51. The number of nitrogens with two attached hydrogens (primary N) is 1. The Kier molecular flexibility index (Phi) is 5.13. The largest absolute Gasteiger partial charge is 0.491 e. The molecular formula is C25H28N4O3. The summed E-state index contributed by atoms with van der Waals surface area (Å²) < 4.78 is 10.7. The van der Waals surface area contributed by atoms with Gasteiger partial charge in [-0.2, -0.15) is 0 Å². The number of amides is 1. The summed E-state index contributed by atoms with van der Waals surface area (Å²) in [6.07, 6.45) is 10.8. The number of rotatable bonds is 7. The minimum absolute atomic E-state index is 0.0436. The number of fused-ring (bicyclic) bond motifs is 6. The van der Waals surface area contributed by atoms with Crippen molar-refractivity contribution in [3.8, 4) is 11.3 Å². The van der Waals surface area contributed by atoms with Crippen LogP contribution < -0.4 is 11.1 Å². The Morgan fingerprint density at radius 1 is 1.34 bits per heavy atom. The summed E-state index contributed by atoms with van der Waals surface area (Å²) in [5.74, 6) is 0.642. The van der Waals surface area contributed by atoms with E-state index in [1.54, 1.807) is 13.2 Å². The number of H-pyrrole nitrogens is 1. The van der Waals surface area contributed by atoms with Crippen molar-refractivity contribution in [1.82, 2.24) is 15.3 Å². The summed E-state index contributed by atoms with van der Waals surface area (Å²) in [6.45, 7) is 5.45. The Morgan fingerprint density at radius 3 is 2.91 bits per heavy atom. The zero-order chi connectivity index (χ0) is 22.3. The third-order valence-corrected chi connectivity index (χ3v) is 6.73. The minimum atomic E-state index is 0.0436. The average Bonchev–Trinajstić information content (AvgIpc) is 3.48. The molecule has 1 spiro atoms. The molecule has 3 heterocycles. The third-order valence-electron chi connectivity index (χ3n) is 6.73. The summed E-state index contributed by atoms with van der Waals surface area (Å²) in [5, 5.41) is 3.10. The predicted molar refractivity (Wildman–Crippen MR) is 123 cm³/mol. The number of aromatic amines is 1. The number of aryl methyl sites for hydroxylation is 1. The molecular weight excluding hydrogens is 404 g/mol. The minimum Gasteiger partial charge on any atom is -0.491 e. The maximum atomic E-state index is 12.7. The Balaban J connectivity index is 1.53. The van der Waals surface area contributed by atoms with E-state index >= 15 is 0 Å². The number of hydrogen-bond donors (Lipinski definition) is 3. The van der Waals surface area contributed by atoms with E-state index in [9.17, 15) is 4.79 Å². The molecule has 0 aromatic carbocycles. The van der Waals surface area contributed by atoms with Crippen LogP contribution >= 0.6 is 0 Å². The van der Waals surface area contributed by atoms with Crippen molar-refractivity contribution in [3.05, 3.63) is 71.0 Å². The van der Waals surface area contributed by atoms with Crippen LogP contribution in [-0.4, -0.2) is 42.7 Å². The maximum Gasteiger partial charge on any atom is 0.253 e. The summed E-state index contributed by atoms with van der Waals surface area (Å²) in [6, 6.07) is 2.05. The van der Waals surface area contributed by atoms with Crippen molar-refractivity contribution < 1.29 is 14.3 Å². The monoisotopic (exact) mass is 432 g/mol. The van der Waals surface area contributed by atoms with E-state index < -0.39 is 0 Å². The van der Waals surface area contributed by atoms with Gasteiger partial charge in [0, 0.05) is 48.3 Å². The smallest absolute Gasteiger partial charge is 0.253 e. The number of methoxy groups -OCH3 is 1. The van der Waals surface area contributed by atoms with Gasteiger partial charge in [-0.3, -0.25) is 9.78 Å². The van der Waals surface area contributed by atoms with E-state index in [1.807, 2.05) is 12.3 Å². The van der Waals surface area contributed by atoms with E-state index in [0.29, 0.717) is 19.0 Å². The molecule has 32 heavy (non-hydrogen) atoms. The standard InChI is InChI=1S/C25H28N4O3/c1-3-17(32-9-8-31-2)10-16(12-26)20-11-19-15(13-27-20)4-5-18-21-23(29-22(18)19)25(6-7-25)14-28-24(21)30/h3,10-13,29H,1,4-9,14,26H2,2H3,(H,28,30)/b16-12+,17-10+. The number of ether oxygens (including phenoxy) is 2. The quantitative estimate of drug-likeness (QED) is 0.355. The Hall–Kier alpha value is -3.32. The Labute approximate surface area is 187 Å². The fraction of sp³-hybridized carbons (Fsp3) is 0.360. The summed E-state index contributed by atoms with van der Waals surface area (Å²) in [7, 11) is 1.63. The first kappa shape index (κ1) is 20.6. The molecule has 0 radical (unpaired) electrons. The number of hydrogen-bond acceptors (Lipinski definition) is 5. The molecule has 4 N–H and O–H groups in total. The molecule has 2 aromatic heterocycles. The topological polar surface area (TPSA) is 102 Å². The lowest BCUT2D eigenvalue weighted by Crippen LogP contribution is -2.39. The molecule has 2 aromatic rings. The molecule has 2 aliphatic carbocycles. The predicted octanol–water partition coefficient (Wildman–Crippen LogP) is 2.98.